The van der Waals surface area contributed by atoms with E-state index in [4.69, 9.17) is 9.72 Å². The maximum Gasteiger partial charge on any atom is 0.323 e. The van der Waals surface area contributed by atoms with Crippen molar-refractivity contribution in [2.24, 2.45) is 0 Å². The number of aryl methyl sites for hydroxylation is 2. The second-order valence-corrected chi connectivity index (χ2v) is 7.76. The second kappa shape index (κ2) is 7.29. The van der Waals surface area contributed by atoms with Crippen LogP contribution >= 0.6 is 11.3 Å². The fraction of sp³-hybridized carbons (Fsp3) is 0.300. The number of thiazole rings is 1. The molecule has 0 atom stereocenters. The first-order chi connectivity index (χ1) is 13.8. The standard InChI is InChI=1S/C20H19N5O2S/c26-20(25-8-10-27-11-9-25)24-19-22-15-7-6-14-12-21-18(13-4-2-1-3-5-13)23-16(14)17(15)28-19/h1-5,12H,6-11H2,(H,22,24,26). The Bertz CT molecular complexity index is 1010. The summed E-state index contributed by atoms with van der Waals surface area (Å²) in [6.07, 6.45) is 3.61. The summed E-state index contributed by atoms with van der Waals surface area (Å²) >= 11 is 1.48. The number of carbonyl (C=O) groups is 1. The van der Waals surface area contributed by atoms with Crippen molar-refractivity contribution in [1.82, 2.24) is 19.9 Å². The molecule has 1 aliphatic carbocycles. The Labute approximate surface area is 166 Å². The lowest BCUT2D eigenvalue weighted by atomic mass is 9.99. The van der Waals surface area contributed by atoms with Gasteiger partial charge in [0.15, 0.2) is 11.0 Å². The van der Waals surface area contributed by atoms with Crippen molar-refractivity contribution in [3.8, 4) is 22.0 Å². The molecule has 0 spiro atoms. The molecular weight excluding hydrogens is 374 g/mol. The molecule has 142 valence electrons. The maximum atomic E-state index is 12.5. The number of nitrogens with one attached hydrogen (secondary N) is 1. The molecule has 0 bridgehead atoms. The summed E-state index contributed by atoms with van der Waals surface area (Å²) in [5, 5.41) is 3.56. The van der Waals surface area contributed by atoms with Crippen LogP contribution in [-0.4, -0.2) is 52.2 Å². The zero-order chi connectivity index (χ0) is 18.9. The topological polar surface area (TPSA) is 80.2 Å². The van der Waals surface area contributed by atoms with Crippen LogP contribution in [0.5, 0.6) is 0 Å². The van der Waals surface area contributed by atoms with E-state index in [-0.39, 0.29) is 6.03 Å². The average Bonchev–Trinajstić information content (AvgIpc) is 3.17. The molecule has 0 saturated carbocycles. The van der Waals surface area contributed by atoms with Crippen LogP contribution in [0.2, 0.25) is 0 Å². The summed E-state index contributed by atoms with van der Waals surface area (Å²) in [6, 6.07) is 9.83. The van der Waals surface area contributed by atoms with E-state index < -0.39 is 0 Å². The van der Waals surface area contributed by atoms with Crippen molar-refractivity contribution in [3.05, 3.63) is 47.8 Å². The number of fused-ring (bicyclic) bond motifs is 3. The van der Waals surface area contributed by atoms with Crippen LogP contribution in [0.25, 0.3) is 22.0 Å². The van der Waals surface area contributed by atoms with Gasteiger partial charge in [0.2, 0.25) is 0 Å². The van der Waals surface area contributed by atoms with E-state index in [1.807, 2.05) is 36.5 Å². The minimum absolute atomic E-state index is 0.123. The highest BCUT2D eigenvalue weighted by Gasteiger charge is 2.25. The Morgan fingerprint density at radius 2 is 1.93 bits per heavy atom. The van der Waals surface area contributed by atoms with Gasteiger partial charge in [-0.15, -0.1) is 0 Å². The Morgan fingerprint density at radius 1 is 1.11 bits per heavy atom. The predicted molar refractivity (Wildman–Crippen MR) is 107 cm³/mol. The quantitative estimate of drug-likeness (QED) is 0.723. The van der Waals surface area contributed by atoms with Gasteiger partial charge in [-0.1, -0.05) is 41.7 Å². The molecular formula is C20H19N5O2S. The first-order valence-corrected chi connectivity index (χ1v) is 10.1. The first kappa shape index (κ1) is 17.3. The molecule has 8 heteroatoms. The minimum Gasteiger partial charge on any atom is -0.378 e. The van der Waals surface area contributed by atoms with Crippen LogP contribution in [0.1, 0.15) is 11.3 Å². The summed E-state index contributed by atoms with van der Waals surface area (Å²) in [4.78, 5) is 29.3. The molecule has 2 amide bonds. The smallest absolute Gasteiger partial charge is 0.323 e. The molecule has 3 heterocycles. The molecule has 7 nitrogen and oxygen atoms in total. The van der Waals surface area contributed by atoms with Crippen molar-refractivity contribution in [2.45, 2.75) is 12.8 Å². The van der Waals surface area contributed by atoms with Gasteiger partial charge in [-0.05, 0) is 18.4 Å². The maximum absolute atomic E-state index is 12.5. The number of urea groups is 1. The largest absolute Gasteiger partial charge is 0.378 e. The normalized spacial score (nSPS) is 15.6. The van der Waals surface area contributed by atoms with Crippen LogP contribution in [0.15, 0.2) is 36.5 Å². The van der Waals surface area contributed by atoms with Gasteiger partial charge in [-0.3, -0.25) is 5.32 Å². The molecule has 5 rings (SSSR count). The molecule has 0 radical (unpaired) electrons. The van der Waals surface area contributed by atoms with Gasteiger partial charge in [0.25, 0.3) is 0 Å². The van der Waals surface area contributed by atoms with E-state index in [1.165, 1.54) is 11.3 Å². The van der Waals surface area contributed by atoms with Gasteiger partial charge in [-0.2, -0.15) is 0 Å². The van der Waals surface area contributed by atoms with Gasteiger partial charge < -0.3 is 9.64 Å². The third-order valence-electron chi connectivity index (χ3n) is 4.95. The Morgan fingerprint density at radius 3 is 2.75 bits per heavy atom. The monoisotopic (exact) mass is 393 g/mol. The number of aromatic nitrogens is 3. The molecule has 3 aromatic rings. The van der Waals surface area contributed by atoms with Crippen molar-refractivity contribution in [2.75, 3.05) is 31.6 Å². The molecule has 2 aromatic heterocycles. The third kappa shape index (κ3) is 3.25. The van der Waals surface area contributed by atoms with Crippen molar-refractivity contribution < 1.29 is 9.53 Å². The van der Waals surface area contributed by atoms with Crippen LogP contribution in [0.3, 0.4) is 0 Å². The number of carbonyl (C=O) groups excluding carboxylic acids is 1. The van der Waals surface area contributed by atoms with Crippen LogP contribution in [0, 0.1) is 0 Å². The van der Waals surface area contributed by atoms with E-state index in [2.05, 4.69) is 15.3 Å². The van der Waals surface area contributed by atoms with Gasteiger partial charge in [0, 0.05) is 24.8 Å². The lowest BCUT2D eigenvalue weighted by Gasteiger charge is -2.26. The summed E-state index contributed by atoms with van der Waals surface area (Å²) in [7, 11) is 0. The SMILES string of the molecule is O=C(Nc1nc2c(s1)-c1nc(-c3ccccc3)ncc1CC2)N1CCOCC1. The number of hydrogen-bond acceptors (Lipinski definition) is 6. The van der Waals surface area contributed by atoms with Gasteiger partial charge in [-0.25, -0.2) is 19.7 Å². The van der Waals surface area contributed by atoms with E-state index in [9.17, 15) is 4.79 Å². The fourth-order valence-corrected chi connectivity index (χ4v) is 4.49. The molecule has 28 heavy (non-hydrogen) atoms. The molecule has 2 aliphatic rings. The number of morpholine rings is 1. The molecule has 0 unspecified atom stereocenters. The average molecular weight is 393 g/mol. The second-order valence-electron chi connectivity index (χ2n) is 6.76. The molecule has 1 aliphatic heterocycles. The highest BCUT2D eigenvalue weighted by molar-refractivity contribution is 7.19. The van der Waals surface area contributed by atoms with Crippen molar-refractivity contribution in [1.29, 1.82) is 0 Å². The Hall–Kier alpha value is -2.84. The molecule has 1 saturated heterocycles. The molecule has 1 fully saturated rings. The summed E-state index contributed by atoms with van der Waals surface area (Å²) in [5.74, 6) is 0.708. The molecule has 1 aromatic carbocycles. The van der Waals surface area contributed by atoms with E-state index >= 15 is 0 Å². The lowest BCUT2D eigenvalue weighted by molar-refractivity contribution is 0.0564. The van der Waals surface area contributed by atoms with E-state index in [0.29, 0.717) is 37.3 Å². The Kier molecular flexibility index (Phi) is 4.50. The number of benzene rings is 1. The fourth-order valence-electron chi connectivity index (χ4n) is 3.46. The van der Waals surface area contributed by atoms with Gasteiger partial charge >= 0.3 is 6.03 Å². The third-order valence-corrected chi connectivity index (χ3v) is 5.97. The highest BCUT2D eigenvalue weighted by Crippen LogP contribution is 2.39. The Balaban J connectivity index is 1.43. The van der Waals surface area contributed by atoms with Gasteiger partial charge in [0.05, 0.1) is 29.5 Å². The number of amides is 2. The van der Waals surface area contributed by atoms with E-state index in [1.54, 1.807) is 4.90 Å². The summed E-state index contributed by atoms with van der Waals surface area (Å²) in [5.41, 5.74) is 4.04. The lowest BCUT2D eigenvalue weighted by Crippen LogP contribution is -2.43. The zero-order valence-corrected chi connectivity index (χ0v) is 16.0. The van der Waals surface area contributed by atoms with Crippen LogP contribution in [0.4, 0.5) is 9.93 Å². The number of ether oxygens (including phenoxy) is 1. The summed E-state index contributed by atoms with van der Waals surface area (Å²) < 4.78 is 5.30. The summed E-state index contributed by atoms with van der Waals surface area (Å²) in [6.45, 7) is 2.36. The van der Waals surface area contributed by atoms with E-state index in [0.717, 1.165) is 40.2 Å². The van der Waals surface area contributed by atoms with Crippen LogP contribution in [-0.2, 0) is 17.6 Å². The minimum atomic E-state index is -0.123. The van der Waals surface area contributed by atoms with Crippen molar-refractivity contribution >= 4 is 22.5 Å². The first-order valence-electron chi connectivity index (χ1n) is 9.33. The van der Waals surface area contributed by atoms with Crippen LogP contribution < -0.4 is 5.32 Å². The highest BCUT2D eigenvalue weighted by atomic mass is 32.1. The number of nitrogens with zero attached hydrogens (tertiary/aromatic N) is 4. The number of anilines is 1. The van der Waals surface area contributed by atoms with Gasteiger partial charge in [0.1, 0.15) is 0 Å². The number of rotatable bonds is 2. The molecule has 1 N–H and O–H groups in total. The zero-order valence-electron chi connectivity index (χ0n) is 15.2. The predicted octanol–water partition coefficient (Wildman–Crippen LogP) is 3.23. The van der Waals surface area contributed by atoms with Crippen molar-refractivity contribution in [3.63, 3.8) is 0 Å². The number of hydrogen-bond donors (Lipinski definition) is 1.